The SMILES string of the molecule is CCc1nc2sc(C)nn2c1S(=O)(=O)Nc1ccc(C)cc1C. The second-order valence-corrected chi connectivity index (χ2v) is 8.21. The van der Waals surface area contributed by atoms with Crippen LogP contribution in [0.15, 0.2) is 23.2 Å². The molecule has 23 heavy (non-hydrogen) atoms. The Morgan fingerprint density at radius 1 is 1.26 bits per heavy atom. The van der Waals surface area contributed by atoms with Crippen LogP contribution in [0.1, 0.15) is 28.8 Å². The number of anilines is 1. The highest BCUT2D eigenvalue weighted by molar-refractivity contribution is 7.92. The minimum atomic E-state index is -3.77. The van der Waals surface area contributed by atoms with E-state index in [1.54, 1.807) is 6.07 Å². The lowest BCUT2D eigenvalue weighted by molar-refractivity contribution is 0.591. The summed E-state index contributed by atoms with van der Waals surface area (Å²) in [5, 5.41) is 5.18. The zero-order valence-electron chi connectivity index (χ0n) is 13.4. The maximum Gasteiger partial charge on any atom is 0.281 e. The van der Waals surface area contributed by atoms with Crippen LogP contribution in [-0.2, 0) is 16.4 Å². The van der Waals surface area contributed by atoms with Crippen molar-refractivity contribution in [2.24, 2.45) is 0 Å². The van der Waals surface area contributed by atoms with Gasteiger partial charge in [-0.25, -0.2) is 4.98 Å². The smallest absolute Gasteiger partial charge is 0.278 e. The summed E-state index contributed by atoms with van der Waals surface area (Å²) in [5.74, 6) is 0. The molecule has 0 bridgehead atoms. The Labute approximate surface area is 139 Å². The number of aromatic nitrogens is 3. The largest absolute Gasteiger partial charge is 0.281 e. The molecule has 6 nitrogen and oxygen atoms in total. The first kappa shape index (κ1) is 15.9. The molecule has 2 heterocycles. The number of aryl methyl sites for hydroxylation is 4. The monoisotopic (exact) mass is 350 g/mol. The van der Waals surface area contributed by atoms with Crippen molar-refractivity contribution >= 4 is 32.0 Å². The van der Waals surface area contributed by atoms with Crippen molar-refractivity contribution in [1.82, 2.24) is 14.6 Å². The van der Waals surface area contributed by atoms with Gasteiger partial charge in [0.25, 0.3) is 10.0 Å². The Morgan fingerprint density at radius 2 is 2.00 bits per heavy atom. The fourth-order valence-electron chi connectivity index (χ4n) is 2.49. The molecule has 0 aliphatic heterocycles. The molecule has 0 fully saturated rings. The van der Waals surface area contributed by atoms with Gasteiger partial charge >= 0.3 is 0 Å². The maximum absolute atomic E-state index is 12.9. The topological polar surface area (TPSA) is 76.4 Å². The highest BCUT2D eigenvalue weighted by atomic mass is 32.2. The molecule has 3 rings (SSSR count). The molecular formula is C15H18N4O2S2. The average Bonchev–Trinajstić information content (AvgIpc) is 2.97. The summed E-state index contributed by atoms with van der Waals surface area (Å²) in [6.07, 6.45) is 0.526. The normalized spacial score (nSPS) is 12.0. The van der Waals surface area contributed by atoms with Crippen molar-refractivity contribution in [1.29, 1.82) is 0 Å². The lowest BCUT2D eigenvalue weighted by Crippen LogP contribution is -2.18. The second-order valence-electron chi connectivity index (χ2n) is 5.46. The van der Waals surface area contributed by atoms with Gasteiger partial charge in [0.15, 0.2) is 0 Å². The van der Waals surface area contributed by atoms with Gasteiger partial charge in [-0.05, 0) is 38.8 Å². The van der Waals surface area contributed by atoms with Gasteiger partial charge in [-0.2, -0.15) is 18.0 Å². The van der Waals surface area contributed by atoms with E-state index in [2.05, 4.69) is 14.8 Å². The summed E-state index contributed by atoms with van der Waals surface area (Å²) in [7, 11) is -3.77. The average molecular weight is 350 g/mol. The first-order chi connectivity index (χ1) is 10.8. The third-order valence-corrected chi connectivity index (χ3v) is 5.78. The molecule has 122 valence electrons. The first-order valence-electron chi connectivity index (χ1n) is 7.27. The molecule has 0 saturated heterocycles. The molecular weight excluding hydrogens is 332 g/mol. The van der Waals surface area contributed by atoms with E-state index in [9.17, 15) is 8.42 Å². The minimum absolute atomic E-state index is 0.124. The van der Waals surface area contributed by atoms with Crippen molar-refractivity contribution in [2.45, 2.75) is 39.1 Å². The molecule has 1 N–H and O–H groups in total. The van der Waals surface area contributed by atoms with Crippen molar-refractivity contribution in [3.63, 3.8) is 0 Å². The van der Waals surface area contributed by atoms with Crippen LogP contribution in [0.3, 0.4) is 0 Å². The summed E-state index contributed by atoms with van der Waals surface area (Å²) >= 11 is 1.38. The molecule has 0 aliphatic carbocycles. The zero-order valence-corrected chi connectivity index (χ0v) is 15.0. The Morgan fingerprint density at radius 3 is 2.65 bits per heavy atom. The molecule has 8 heteroatoms. The number of rotatable bonds is 4. The number of nitrogens with zero attached hydrogens (tertiary/aromatic N) is 3. The molecule has 0 amide bonds. The van der Waals surface area contributed by atoms with Gasteiger partial charge in [-0.1, -0.05) is 36.0 Å². The predicted molar refractivity (Wildman–Crippen MR) is 91.7 cm³/mol. The molecule has 0 atom stereocenters. The van der Waals surface area contributed by atoms with E-state index in [1.165, 1.54) is 15.9 Å². The lowest BCUT2D eigenvalue weighted by Gasteiger charge is -2.11. The highest BCUT2D eigenvalue weighted by Gasteiger charge is 2.27. The number of hydrogen-bond acceptors (Lipinski definition) is 5. The van der Waals surface area contributed by atoms with E-state index in [0.29, 0.717) is 22.8 Å². The molecule has 0 spiro atoms. The number of sulfonamides is 1. The van der Waals surface area contributed by atoms with E-state index >= 15 is 0 Å². The summed E-state index contributed by atoms with van der Waals surface area (Å²) in [4.78, 5) is 4.99. The van der Waals surface area contributed by atoms with Gasteiger partial charge < -0.3 is 0 Å². The van der Waals surface area contributed by atoms with Crippen LogP contribution < -0.4 is 4.72 Å². The molecule has 1 aromatic carbocycles. The lowest BCUT2D eigenvalue weighted by atomic mass is 10.1. The Balaban J connectivity index is 2.12. The van der Waals surface area contributed by atoms with E-state index in [-0.39, 0.29) is 5.03 Å². The van der Waals surface area contributed by atoms with Gasteiger partial charge in [0.2, 0.25) is 9.99 Å². The van der Waals surface area contributed by atoms with Crippen LogP contribution in [-0.4, -0.2) is 23.0 Å². The van der Waals surface area contributed by atoms with Gasteiger partial charge in [0, 0.05) is 0 Å². The third kappa shape index (κ3) is 2.84. The van der Waals surface area contributed by atoms with Gasteiger partial charge in [0.1, 0.15) is 5.01 Å². The Hall–Kier alpha value is -1.93. The zero-order chi connectivity index (χ0) is 16.8. The van der Waals surface area contributed by atoms with Crippen molar-refractivity contribution in [3.05, 3.63) is 40.0 Å². The third-order valence-electron chi connectivity index (χ3n) is 3.55. The Bertz CT molecular complexity index is 986. The number of hydrogen-bond donors (Lipinski definition) is 1. The molecule has 0 radical (unpaired) electrons. The van der Waals surface area contributed by atoms with Crippen LogP contribution in [0, 0.1) is 20.8 Å². The summed E-state index contributed by atoms with van der Waals surface area (Å²) in [5.41, 5.74) is 3.06. The van der Waals surface area contributed by atoms with Crippen LogP contribution in [0.5, 0.6) is 0 Å². The maximum atomic E-state index is 12.9. The summed E-state index contributed by atoms with van der Waals surface area (Å²) < 4.78 is 29.9. The predicted octanol–water partition coefficient (Wildman–Crippen LogP) is 3.08. The van der Waals surface area contributed by atoms with Gasteiger partial charge in [0.05, 0.1) is 11.4 Å². The Kier molecular flexibility index (Phi) is 3.89. The number of benzene rings is 1. The first-order valence-corrected chi connectivity index (χ1v) is 9.57. The van der Waals surface area contributed by atoms with Crippen LogP contribution in [0.25, 0.3) is 4.96 Å². The number of imidazole rings is 1. The number of nitrogens with one attached hydrogen (secondary N) is 1. The minimum Gasteiger partial charge on any atom is -0.278 e. The second kappa shape index (κ2) is 5.61. The van der Waals surface area contributed by atoms with Crippen molar-refractivity contribution in [2.75, 3.05) is 4.72 Å². The molecule has 2 aromatic heterocycles. The van der Waals surface area contributed by atoms with Crippen molar-refractivity contribution < 1.29 is 8.42 Å². The fraction of sp³-hybridized carbons (Fsp3) is 0.333. The van der Waals surface area contributed by atoms with E-state index < -0.39 is 10.0 Å². The quantitative estimate of drug-likeness (QED) is 0.784. The number of fused-ring (bicyclic) bond motifs is 1. The van der Waals surface area contributed by atoms with Gasteiger partial charge in [-0.3, -0.25) is 4.72 Å². The fourth-order valence-corrected chi connectivity index (χ4v) is 4.78. The summed E-state index contributed by atoms with van der Waals surface area (Å²) in [6, 6.07) is 5.60. The van der Waals surface area contributed by atoms with E-state index in [0.717, 1.165) is 16.1 Å². The molecule has 0 aliphatic rings. The summed E-state index contributed by atoms with van der Waals surface area (Å²) in [6.45, 7) is 7.57. The van der Waals surface area contributed by atoms with Crippen LogP contribution in [0.2, 0.25) is 0 Å². The van der Waals surface area contributed by atoms with Crippen LogP contribution >= 0.6 is 11.3 Å². The van der Waals surface area contributed by atoms with Crippen LogP contribution in [0.4, 0.5) is 5.69 Å². The standard InChI is InChI=1S/C15H18N4O2S2/c1-5-12-14(19-15(16-12)22-11(4)17-19)23(20,21)18-13-7-6-9(2)8-10(13)3/h6-8,18H,5H2,1-4H3. The highest BCUT2D eigenvalue weighted by Crippen LogP contribution is 2.26. The van der Waals surface area contributed by atoms with Crippen molar-refractivity contribution in [3.8, 4) is 0 Å². The molecule has 3 aromatic rings. The molecule has 0 saturated carbocycles. The van der Waals surface area contributed by atoms with E-state index in [1.807, 2.05) is 39.8 Å². The van der Waals surface area contributed by atoms with E-state index in [4.69, 9.17) is 0 Å². The molecule has 0 unspecified atom stereocenters. The van der Waals surface area contributed by atoms with Gasteiger partial charge in [-0.15, -0.1) is 0 Å².